The summed E-state index contributed by atoms with van der Waals surface area (Å²) in [7, 11) is 0. The standard InChI is InChI=1S/C12H13F3N2O3/c1-5(2)9(11(18)19)16-12(20)17-10-7(14)3-6(13)4-8(10)15/h3-5,9H,1-2H3,(H,18,19)(H2,16,17,20)/t9-/m1/s1. The van der Waals surface area contributed by atoms with Crippen molar-refractivity contribution in [3.8, 4) is 0 Å². The van der Waals surface area contributed by atoms with Crippen LogP contribution in [0.15, 0.2) is 12.1 Å². The summed E-state index contributed by atoms with van der Waals surface area (Å²) in [5.41, 5.74) is -0.850. The molecule has 0 unspecified atom stereocenters. The first kappa shape index (κ1) is 15.8. The highest BCUT2D eigenvalue weighted by molar-refractivity contribution is 5.92. The number of carboxylic acids is 1. The van der Waals surface area contributed by atoms with Gasteiger partial charge < -0.3 is 15.7 Å². The van der Waals surface area contributed by atoms with E-state index in [2.05, 4.69) is 5.32 Å². The number of anilines is 1. The number of carbonyl (C=O) groups excluding carboxylic acids is 1. The first-order valence-corrected chi connectivity index (χ1v) is 5.67. The highest BCUT2D eigenvalue weighted by atomic mass is 19.1. The minimum Gasteiger partial charge on any atom is -0.480 e. The molecular formula is C12H13F3N2O3. The molecule has 20 heavy (non-hydrogen) atoms. The summed E-state index contributed by atoms with van der Waals surface area (Å²) in [5, 5.41) is 12.7. The normalized spacial score (nSPS) is 12.1. The van der Waals surface area contributed by atoms with Gasteiger partial charge in [0.05, 0.1) is 0 Å². The van der Waals surface area contributed by atoms with Crippen molar-refractivity contribution >= 4 is 17.7 Å². The van der Waals surface area contributed by atoms with Crippen LogP contribution < -0.4 is 10.6 Å². The number of rotatable bonds is 4. The Labute approximate surface area is 112 Å². The monoisotopic (exact) mass is 290 g/mol. The number of carbonyl (C=O) groups is 2. The molecule has 2 amide bonds. The quantitative estimate of drug-likeness (QED) is 0.796. The van der Waals surface area contributed by atoms with E-state index in [1.807, 2.05) is 5.32 Å². The van der Waals surface area contributed by atoms with E-state index in [4.69, 9.17) is 5.11 Å². The zero-order valence-electron chi connectivity index (χ0n) is 10.7. The lowest BCUT2D eigenvalue weighted by Crippen LogP contribution is -2.46. The molecule has 5 nitrogen and oxygen atoms in total. The van der Waals surface area contributed by atoms with E-state index < -0.39 is 47.1 Å². The average Bonchev–Trinajstić information content (AvgIpc) is 2.29. The number of urea groups is 1. The summed E-state index contributed by atoms with van der Waals surface area (Å²) in [6, 6.07) is -1.52. The van der Waals surface area contributed by atoms with Crippen molar-refractivity contribution in [3.63, 3.8) is 0 Å². The van der Waals surface area contributed by atoms with Crippen LogP contribution in [0.25, 0.3) is 0 Å². The number of hydrogen-bond donors (Lipinski definition) is 3. The second kappa shape index (κ2) is 6.27. The van der Waals surface area contributed by atoms with Crippen LogP contribution in [-0.2, 0) is 4.79 Å². The molecular weight excluding hydrogens is 277 g/mol. The smallest absolute Gasteiger partial charge is 0.326 e. The van der Waals surface area contributed by atoms with Gasteiger partial charge in [-0.15, -0.1) is 0 Å². The lowest BCUT2D eigenvalue weighted by atomic mass is 10.1. The zero-order valence-corrected chi connectivity index (χ0v) is 10.7. The third kappa shape index (κ3) is 3.87. The Bertz CT molecular complexity index is 512. The maximum absolute atomic E-state index is 13.3. The molecule has 0 saturated carbocycles. The van der Waals surface area contributed by atoms with E-state index >= 15 is 0 Å². The zero-order chi connectivity index (χ0) is 15.4. The van der Waals surface area contributed by atoms with Crippen molar-refractivity contribution in [1.82, 2.24) is 5.32 Å². The number of nitrogens with one attached hydrogen (secondary N) is 2. The van der Waals surface area contributed by atoms with Crippen LogP contribution >= 0.6 is 0 Å². The van der Waals surface area contributed by atoms with Gasteiger partial charge in [0.25, 0.3) is 0 Å². The van der Waals surface area contributed by atoms with Crippen LogP contribution in [-0.4, -0.2) is 23.1 Å². The van der Waals surface area contributed by atoms with E-state index in [0.29, 0.717) is 12.1 Å². The number of carboxylic acid groups (broad SMARTS) is 1. The Balaban J connectivity index is 2.84. The fraction of sp³-hybridized carbons (Fsp3) is 0.333. The molecule has 0 aliphatic carbocycles. The summed E-state index contributed by atoms with van der Waals surface area (Å²) in [6.07, 6.45) is 0. The van der Waals surface area contributed by atoms with Crippen molar-refractivity contribution < 1.29 is 27.9 Å². The number of amides is 2. The van der Waals surface area contributed by atoms with Gasteiger partial charge in [-0.2, -0.15) is 0 Å². The van der Waals surface area contributed by atoms with Gasteiger partial charge in [-0.05, 0) is 5.92 Å². The Morgan fingerprint density at radius 1 is 1.15 bits per heavy atom. The molecule has 1 atom stereocenters. The molecule has 0 aromatic heterocycles. The van der Waals surface area contributed by atoms with Gasteiger partial charge in [-0.25, -0.2) is 22.8 Å². The Kier molecular flexibility index (Phi) is 4.95. The van der Waals surface area contributed by atoms with Crippen molar-refractivity contribution in [2.45, 2.75) is 19.9 Å². The van der Waals surface area contributed by atoms with Crippen molar-refractivity contribution in [3.05, 3.63) is 29.6 Å². The molecule has 0 aliphatic rings. The van der Waals surface area contributed by atoms with Crippen LogP contribution in [0.1, 0.15) is 13.8 Å². The van der Waals surface area contributed by atoms with Crippen LogP contribution in [0.2, 0.25) is 0 Å². The van der Waals surface area contributed by atoms with Crippen LogP contribution in [0.4, 0.5) is 23.7 Å². The van der Waals surface area contributed by atoms with Gasteiger partial charge >= 0.3 is 12.0 Å². The van der Waals surface area contributed by atoms with Crippen molar-refractivity contribution in [1.29, 1.82) is 0 Å². The number of halogens is 3. The SMILES string of the molecule is CC(C)[C@@H](NC(=O)Nc1c(F)cc(F)cc1F)C(=O)O. The average molecular weight is 290 g/mol. The predicted molar refractivity (Wildman–Crippen MR) is 64.7 cm³/mol. The van der Waals surface area contributed by atoms with Gasteiger partial charge in [-0.3, -0.25) is 0 Å². The first-order chi connectivity index (χ1) is 9.22. The molecule has 0 radical (unpaired) electrons. The Hall–Kier alpha value is -2.25. The van der Waals surface area contributed by atoms with Crippen molar-refractivity contribution in [2.24, 2.45) is 5.92 Å². The summed E-state index contributed by atoms with van der Waals surface area (Å²) in [4.78, 5) is 22.4. The summed E-state index contributed by atoms with van der Waals surface area (Å²) in [5.74, 6) is -5.43. The Morgan fingerprint density at radius 2 is 1.65 bits per heavy atom. The van der Waals surface area contributed by atoms with Crippen LogP contribution in [0.3, 0.4) is 0 Å². The molecule has 1 aromatic carbocycles. The minimum absolute atomic E-state index is 0.399. The molecule has 0 heterocycles. The largest absolute Gasteiger partial charge is 0.480 e. The minimum atomic E-state index is -1.30. The van der Waals surface area contributed by atoms with Crippen LogP contribution in [0.5, 0.6) is 0 Å². The first-order valence-electron chi connectivity index (χ1n) is 5.67. The number of benzene rings is 1. The predicted octanol–water partition coefficient (Wildman–Crippen LogP) is 2.33. The molecule has 1 aromatic rings. The summed E-state index contributed by atoms with van der Waals surface area (Å²) in [6.45, 7) is 3.11. The third-order valence-corrected chi connectivity index (χ3v) is 2.46. The topological polar surface area (TPSA) is 78.4 Å². The lowest BCUT2D eigenvalue weighted by Gasteiger charge is -2.18. The number of aliphatic carboxylic acids is 1. The van der Waals surface area contributed by atoms with Gasteiger partial charge in [-0.1, -0.05) is 13.8 Å². The second-order valence-corrected chi connectivity index (χ2v) is 4.40. The van der Waals surface area contributed by atoms with Gasteiger partial charge in [0.1, 0.15) is 17.5 Å². The fourth-order valence-corrected chi connectivity index (χ4v) is 1.47. The highest BCUT2D eigenvalue weighted by Crippen LogP contribution is 2.20. The molecule has 0 aliphatic heterocycles. The molecule has 0 bridgehead atoms. The van der Waals surface area contributed by atoms with Gasteiger partial charge in [0.15, 0.2) is 11.6 Å². The Morgan fingerprint density at radius 3 is 2.05 bits per heavy atom. The van der Waals surface area contributed by atoms with Crippen LogP contribution in [0, 0.1) is 23.4 Å². The second-order valence-electron chi connectivity index (χ2n) is 4.40. The van der Waals surface area contributed by atoms with E-state index in [9.17, 15) is 22.8 Å². The van der Waals surface area contributed by atoms with E-state index in [1.165, 1.54) is 0 Å². The molecule has 0 saturated heterocycles. The highest BCUT2D eigenvalue weighted by Gasteiger charge is 2.24. The molecule has 3 N–H and O–H groups in total. The summed E-state index contributed by atoms with van der Waals surface area (Å²) >= 11 is 0. The molecule has 1 rings (SSSR count). The molecule has 0 fully saturated rings. The third-order valence-electron chi connectivity index (χ3n) is 2.46. The number of hydrogen-bond acceptors (Lipinski definition) is 2. The lowest BCUT2D eigenvalue weighted by molar-refractivity contribution is -0.140. The molecule has 8 heteroatoms. The van der Waals surface area contributed by atoms with E-state index in [-0.39, 0.29) is 0 Å². The fourth-order valence-electron chi connectivity index (χ4n) is 1.47. The molecule has 0 spiro atoms. The maximum atomic E-state index is 13.3. The molecule has 110 valence electrons. The van der Waals surface area contributed by atoms with E-state index in [0.717, 1.165) is 0 Å². The summed E-state index contributed by atoms with van der Waals surface area (Å²) < 4.78 is 39.3. The van der Waals surface area contributed by atoms with Gasteiger partial charge in [0.2, 0.25) is 0 Å². The van der Waals surface area contributed by atoms with E-state index in [1.54, 1.807) is 13.8 Å². The maximum Gasteiger partial charge on any atom is 0.326 e. The van der Waals surface area contributed by atoms with Crippen molar-refractivity contribution in [2.75, 3.05) is 5.32 Å². The van der Waals surface area contributed by atoms with Gasteiger partial charge in [0, 0.05) is 12.1 Å².